The fraction of sp³-hybridized carbons (Fsp3) is 0.400. The van der Waals surface area contributed by atoms with Gasteiger partial charge in [-0.25, -0.2) is 0 Å². The molecule has 1 aromatic rings. The standard InChI is InChI=1S/C10H14BrN/c1-3-8-4-6-9(7-5-8)10(11)12-2/h4-7,10,12H,3H2,1-2H3. The van der Waals surface area contributed by atoms with Gasteiger partial charge in [-0.2, -0.15) is 0 Å². The van der Waals surface area contributed by atoms with Crippen molar-refractivity contribution in [1.29, 1.82) is 0 Å². The monoisotopic (exact) mass is 227 g/mol. The highest BCUT2D eigenvalue weighted by Crippen LogP contribution is 2.19. The number of aryl methyl sites for hydroxylation is 1. The minimum Gasteiger partial charge on any atom is -0.304 e. The first-order chi connectivity index (χ1) is 5.77. The predicted molar refractivity (Wildman–Crippen MR) is 56.5 cm³/mol. The number of nitrogens with one attached hydrogen (secondary N) is 1. The molecule has 0 fully saturated rings. The molecule has 1 aromatic carbocycles. The lowest BCUT2D eigenvalue weighted by molar-refractivity contribution is 0.808. The van der Waals surface area contributed by atoms with Crippen molar-refractivity contribution in [2.75, 3.05) is 7.05 Å². The number of benzene rings is 1. The molecule has 0 heterocycles. The summed E-state index contributed by atoms with van der Waals surface area (Å²) in [6.07, 6.45) is 1.10. The zero-order valence-corrected chi connectivity index (χ0v) is 9.06. The van der Waals surface area contributed by atoms with Crippen LogP contribution in [0.4, 0.5) is 0 Å². The van der Waals surface area contributed by atoms with Crippen molar-refractivity contribution in [2.24, 2.45) is 0 Å². The van der Waals surface area contributed by atoms with Crippen LogP contribution >= 0.6 is 15.9 Å². The van der Waals surface area contributed by atoms with Crippen molar-refractivity contribution < 1.29 is 0 Å². The summed E-state index contributed by atoms with van der Waals surface area (Å²) in [5, 5.41) is 3.14. The second-order valence-electron chi connectivity index (χ2n) is 2.75. The van der Waals surface area contributed by atoms with Gasteiger partial charge >= 0.3 is 0 Å². The van der Waals surface area contributed by atoms with Gasteiger partial charge in [0.2, 0.25) is 0 Å². The predicted octanol–water partition coefficient (Wildman–Crippen LogP) is 2.86. The van der Waals surface area contributed by atoms with E-state index in [9.17, 15) is 0 Å². The summed E-state index contributed by atoms with van der Waals surface area (Å²) in [5.41, 5.74) is 2.66. The average molecular weight is 228 g/mol. The van der Waals surface area contributed by atoms with Gasteiger partial charge in [0.15, 0.2) is 0 Å². The lowest BCUT2D eigenvalue weighted by Gasteiger charge is -2.08. The summed E-state index contributed by atoms with van der Waals surface area (Å²) in [6, 6.07) is 8.63. The van der Waals surface area contributed by atoms with Crippen LogP contribution in [0.25, 0.3) is 0 Å². The van der Waals surface area contributed by atoms with Crippen LogP contribution in [0.15, 0.2) is 24.3 Å². The van der Waals surface area contributed by atoms with E-state index >= 15 is 0 Å². The van der Waals surface area contributed by atoms with Gasteiger partial charge in [-0.3, -0.25) is 0 Å². The summed E-state index contributed by atoms with van der Waals surface area (Å²) >= 11 is 3.52. The average Bonchev–Trinajstić information content (AvgIpc) is 2.17. The molecular weight excluding hydrogens is 214 g/mol. The van der Waals surface area contributed by atoms with E-state index in [4.69, 9.17) is 0 Å². The summed E-state index contributed by atoms with van der Waals surface area (Å²) in [4.78, 5) is 0.267. The molecule has 0 bridgehead atoms. The first-order valence-corrected chi connectivity index (χ1v) is 5.09. The number of halogens is 1. The van der Waals surface area contributed by atoms with E-state index in [0.717, 1.165) is 6.42 Å². The van der Waals surface area contributed by atoms with Crippen LogP contribution in [0.5, 0.6) is 0 Å². The highest BCUT2D eigenvalue weighted by molar-refractivity contribution is 9.09. The van der Waals surface area contributed by atoms with E-state index in [1.54, 1.807) is 0 Å². The van der Waals surface area contributed by atoms with Gasteiger partial charge in [-0.1, -0.05) is 47.1 Å². The van der Waals surface area contributed by atoms with Gasteiger partial charge < -0.3 is 5.32 Å². The Morgan fingerprint density at radius 2 is 1.92 bits per heavy atom. The molecule has 1 N–H and O–H groups in total. The quantitative estimate of drug-likeness (QED) is 0.619. The van der Waals surface area contributed by atoms with Crippen molar-refractivity contribution in [3.63, 3.8) is 0 Å². The third-order valence-electron chi connectivity index (χ3n) is 1.93. The Kier molecular flexibility index (Phi) is 3.76. The fourth-order valence-electron chi connectivity index (χ4n) is 1.09. The molecule has 1 rings (SSSR count). The third kappa shape index (κ3) is 2.32. The molecule has 0 saturated carbocycles. The molecule has 1 atom stereocenters. The van der Waals surface area contributed by atoms with Crippen molar-refractivity contribution in [3.8, 4) is 0 Å². The minimum atomic E-state index is 0.267. The normalized spacial score (nSPS) is 12.9. The van der Waals surface area contributed by atoms with Crippen LogP contribution in [0.3, 0.4) is 0 Å². The Morgan fingerprint density at radius 3 is 2.33 bits per heavy atom. The lowest BCUT2D eigenvalue weighted by Crippen LogP contribution is -2.09. The van der Waals surface area contributed by atoms with Crippen LogP contribution in [0, 0.1) is 0 Å². The van der Waals surface area contributed by atoms with E-state index in [1.807, 2.05) is 7.05 Å². The fourth-order valence-corrected chi connectivity index (χ4v) is 1.39. The number of rotatable bonds is 3. The second-order valence-corrected chi connectivity index (χ2v) is 3.66. The van der Waals surface area contributed by atoms with Crippen LogP contribution in [0.1, 0.15) is 23.0 Å². The van der Waals surface area contributed by atoms with Crippen LogP contribution in [-0.2, 0) is 6.42 Å². The number of alkyl halides is 1. The second kappa shape index (κ2) is 4.63. The molecule has 0 aliphatic heterocycles. The van der Waals surface area contributed by atoms with Crippen molar-refractivity contribution >= 4 is 15.9 Å². The molecule has 2 heteroatoms. The van der Waals surface area contributed by atoms with Gasteiger partial charge in [-0.05, 0) is 24.6 Å². The van der Waals surface area contributed by atoms with Gasteiger partial charge in [-0.15, -0.1) is 0 Å². The van der Waals surface area contributed by atoms with Gasteiger partial charge in [0.25, 0.3) is 0 Å². The number of hydrogen-bond acceptors (Lipinski definition) is 1. The summed E-state index contributed by atoms with van der Waals surface area (Å²) in [5.74, 6) is 0. The van der Waals surface area contributed by atoms with Crippen LogP contribution in [0.2, 0.25) is 0 Å². The molecule has 1 nitrogen and oxygen atoms in total. The Bertz CT molecular complexity index is 230. The smallest absolute Gasteiger partial charge is 0.0884 e. The topological polar surface area (TPSA) is 12.0 Å². The highest BCUT2D eigenvalue weighted by Gasteiger charge is 2.02. The van der Waals surface area contributed by atoms with E-state index in [2.05, 4.69) is 52.4 Å². The van der Waals surface area contributed by atoms with Crippen molar-refractivity contribution in [3.05, 3.63) is 35.4 Å². The van der Waals surface area contributed by atoms with Crippen molar-refractivity contribution in [2.45, 2.75) is 18.3 Å². The summed E-state index contributed by atoms with van der Waals surface area (Å²) < 4.78 is 0. The van der Waals surface area contributed by atoms with Gasteiger partial charge in [0, 0.05) is 0 Å². The van der Waals surface area contributed by atoms with E-state index in [0.29, 0.717) is 0 Å². The maximum absolute atomic E-state index is 3.52. The molecule has 12 heavy (non-hydrogen) atoms. The van der Waals surface area contributed by atoms with E-state index < -0.39 is 0 Å². The first kappa shape index (κ1) is 9.75. The molecule has 0 aliphatic carbocycles. The molecule has 0 radical (unpaired) electrons. The molecular formula is C10H14BrN. The molecule has 1 unspecified atom stereocenters. The third-order valence-corrected chi connectivity index (χ3v) is 2.92. The first-order valence-electron chi connectivity index (χ1n) is 4.18. The van der Waals surface area contributed by atoms with E-state index in [1.165, 1.54) is 11.1 Å². The Hall–Kier alpha value is -0.340. The Morgan fingerprint density at radius 1 is 1.33 bits per heavy atom. The molecule has 0 aliphatic rings. The maximum atomic E-state index is 3.52. The molecule has 0 amide bonds. The molecule has 66 valence electrons. The SMILES string of the molecule is CCc1ccc(C(Br)NC)cc1. The molecule has 0 saturated heterocycles. The zero-order valence-electron chi connectivity index (χ0n) is 7.47. The maximum Gasteiger partial charge on any atom is 0.0884 e. The Labute approximate surface area is 82.3 Å². The minimum absolute atomic E-state index is 0.267. The molecule has 0 spiro atoms. The summed E-state index contributed by atoms with van der Waals surface area (Å²) in [7, 11) is 1.94. The Balaban J connectivity index is 2.77. The molecule has 0 aromatic heterocycles. The van der Waals surface area contributed by atoms with Gasteiger partial charge in [0.05, 0.1) is 4.95 Å². The van der Waals surface area contributed by atoms with Crippen molar-refractivity contribution in [1.82, 2.24) is 5.32 Å². The van der Waals surface area contributed by atoms with E-state index in [-0.39, 0.29) is 4.95 Å². The van der Waals surface area contributed by atoms with Crippen LogP contribution in [-0.4, -0.2) is 7.05 Å². The largest absolute Gasteiger partial charge is 0.304 e. The highest BCUT2D eigenvalue weighted by atomic mass is 79.9. The number of hydrogen-bond donors (Lipinski definition) is 1. The lowest BCUT2D eigenvalue weighted by atomic mass is 10.1. The zero-order chi connectivity index (χ0) is 8.97. The summed E-state index contributed by atoms with van der Waals surface area (Å²) in [6.45, 7) is 2.17. The van der Waals surface area contributed by atoms with Crippen LogP contribution < -0.4 is 5.32 Å². The van der Waals surface area contributed by atoms with Gasteiger partial charge in [0.1, 0.15) is 0 Å².